The predicted molar refractivity (Wildman–Crippen MR) is 79.1 cm³/mol. The zero-order chi connectivity index (χ0) is 13.7. The highest BCUT2D eigenvalue weighted by Crippen LogP contribution is 2.36. The third-order valence-corrected chi connectivity index (χ3v) is 4.54. The van der Waals surface area contributed by atoms with E-state index in [-0.39, 0.29) is 0 Å². The van der Waals surface area contributed by atoms with E-state index in [4.69, 9.17) is 0 Å². The summed E-state index contributed by atoms with van der Waals surface area (Å²) in [5, 5.41) is 10.7. The molecule has 1 aliphatic rings. The lowest BCUT2D eigenvalue weighted by Gasteiger charge is -2.36. The van der Waals surface area contributed by atoms with Crippen LogP contribution in [0.3, 0.4) is 0 Å². The highest BCUT2D eigenvalue weighted by molar-refractivity contribution is 5.15. The predicted octanol–water partition coefficient (Wildman–Crippen LogP) is 3.91. The van der Waals surface area contributed by atoms with Crippen LogP contribution in [0.4, 0.5) is 0 Å². The molecule has 1 aromatic heterocycles. The molecule has 0 amide bonds. The Morgan fingerprint density at radius 3 is 2.53 bits per heavy atom. The lowest BCUT2D eigenvalue weighted by atomic mass is 9.75. The normalized spacial score (nSPS) is 27.4. The Labute approximate surface area is 117 Å². The monoisotopic (exact) mass is 261 g/mol. The number of nitrogens with zero attached hydrogens (tertiary/aromatic N) is 1. The molecule has 0 aliphatic heterocycles. The van der Waals surface area contributed by atoms with E-state index < -0.39 is 5.60 Å². The van der Waals surface area contributed by atoms with Gasteiger partial charge in [0.1, 0.15) is 0 Å². The summed E-state index contributed by atoms with van der Waals surface area (Å²) in [5.74, 6) is 0.834. The van der Waals surface area contributed by atoms with Crippen molar-refractivity contribution in [1.29, 1.82) is 0 Å². The van der Waals surface area contributed by atoms with E-state index >= 15 is 0 Å². The van der Waals surface area contributed by atoms with Gasteiger partial charge in [-0.15, -0.1) is 0 Å². The van der Waals surface area contributed by atoms with Crippen molar-refractivity contribution in [1.82, 2.24) is 4.98 Å². The van der Waals surface area contributed by atoms with Crippen LogP contribution in [0.1, 0.15) is 63.6 Å². The Morgan fingerprint density at radius 2 is 2.00 bits per heavy atom. The number of hydrogen-bond donors (Lipinski definition) is 1. The maximum absolute atomic E-state index is 10.7. The van der Waals surface area contributed by atoms with Gasteiger partial charge in [-0.3, -0.25) is 4.98 Å². The molecule has 1 fully saturated rings. The molecule has 2 nitrogen and oxygen atoms in total. The molecule has 1 saturated carbocycles. The second-order valence-electron chi connectivity index (χ2n) is 6.14. The highest BCUT2D eigenvalue weighted by Gasteiger charge is 2.33. The van der Waals surface area contributed by atoms with Gasteiger partial charge in [0.2, 0.25) is 0 Å². The van der Waals surface area contributed by atoms with Crippen molar-refractivity contribution in [3.63, 3.8) is 0 Å². The lowest BCUT2D eigenvalue weighted by Crippen LogP contribution is -2.36. The fourth-order valence-corrected chi connectivity index (χ4v) is 3.19. The van der Waals surface area contributed by atoms with Gasteiger partial charge in [-0.2, -0.15) is 0 Å². The third kappa shape index (κ3) is 4.04. The first kappa shape index (κ1) is 14.5. The minimum absolute atomic E-state index is 0.509. The molecule has 1 aromatic rings. The number of pyridine rings is 1. The Bertz CT molecular complexity index is 377. The molecule has 2 heteroatoms. The second kappa shape index (κ2) is 6.51. The van der Waals surface area contributed by atoms with Crippen molar-refractivity contribution in [3.05, 3.63) is 29.6 Å². The van der Waals surface area contributed by atoms with Crippen molar-refractivity contribution >= 4 is 0 Å². The molecule has 106 valence electrons. The summed E-state index contributed by atoms with van der Waals surface area (Å²) in [4.78, 5) is 4.48. The summed E-state index contributed by atoms with van der Waals surface area (Å²) in [5.41, 5.74) is 1.79. The van der Waals surface area contributed by atoms with Crippen molar-refractivity contribution in [2.75, 3.05) is 0 Å². The van der Waals surface area contributed by atoms with Crippen LogP contribution in [0.5, 0.6) is 0 Å². The molecule has 1 aliphatic carbocycles. The van der Waals surface area contributed by atoms with Crippen LogP contribution in [-0.2, 0) is 12.8 Å². The number of hydrogen-bond acceptors (Lipinski definition) is 2. The fraction of sp³-hybridized carbons (Fsp3) is 0.706. The SMILES string of the molecule is CCCC1CCC(O)(Cc2ccc(CC)cn2)CC1. The third-order valence-electron chi connectivity index (χ3n) is 4.54. The quantitative estimate of drug-likeness (QED) is 0.871. The zero-order valence-corrected chi connectivity index (χ0v) is 12.4. The van der Waals surface area contributed by atoms with Gasteiger partial charge in [-0.25, -0.2) is 0 Å². The maximum Gasteiger partial charge on any atom is 0.0703 e. The van der Waals surface area contributed by atoms with Crippen LogP contribution < -0.4 is 0 Å². The van der Waals surface area contributed by atoms with E-state index in [2.05, 4.69) is 31.0 Å². The molecule has 19 heavy (non-hydrogen) atoms. The van der Waals surface area contributed by atoms with Gasteiger partial charge >= 0.3 is 0 Å². The van der Waals surface area contributed by atoms with Crippen molar-refractivity contribution < 1.29 is 5.11 Å². The van der Waals surface area contributed by atoms with Crippen molar-refractivity contribution in [2.45, 2.75) is 70.8 Å². The summed E-state index contributed by atoms with van der Waals surface area (Å²) in [6.45, 7) is 4.39. The van der Waals surface area contributed by atoms with Gasteiger partial charge in [0.15, 0.2) is 0 Å². The van der Waals surface area contributed by atoms with Gasteiger partial charge < -0.3 is 5.11 Å². The van der Waals surface area contributed by atoms with Crippen LogP contribution in [0, 0.1) is 5.92 Å². The molecule has 0 unspecified atom stereocenters. The summed E-state index contributed by atoms with van der Waals surface area (Å²) < 4.78 is 0. The molecule has 0 bridgehead atoms. The van der Waals surface area contributed by atoms with Gasteiger partial charge in [-0.05, 0) is 49.7 Å². The molecule has 0 spiro atoms. The zero-order valence-electron chi connectivity index (χ0n) is 12.4. The van der Waals surface area contributed by atoms with Crippen LogP contribution >= 0.6 is 0 Å². The topological polar surface area (TPSA) is 33.1 Å². The summed E-state index contributed by atoms with van der Waals surface area (Å²) in [6.07, 6.45) is 10.5. The first-order valence-corrected chi connectivity index (χ1v) is 7.81. The minimum atomic E-state index is -0.509. The van der Waals surface area contributed by atoms with Gasteiger partial charge in [0.25, 0.3) is 0 Å². The van der Waals surface area contributed by atoms with Crippen molar-refractivity contribution in [2.24, 2.45) is 5.92 Å². The molecule has 1 N–H and O–H groups in total. The molecule has 0 atom stereocenters. The maximum atomic E-state index is 10.7. The van der Waals surface area contributed by atoms with Crippen LogP contribution in [0.25, 0.3) is 0 Å². The first-order chi connectivity index (χ1) is 9.15. The Balaban J connectivity index is 1.91. The van der Waals surface area contributed by atoms with Gasteiger partial charge in [0, 0.05) is 18.3 Å². The highest BCUT2D eigenvalue weighted by atomic mass is 16.3. The Kier molecular flexibility index (Phi) is 4.98. The minimum Gasteiger partial charge on any atom is -0.389 e. The van der Waals surface area contributed by atoms with Crippen LogP contribution in [-0.4, -0.2) is 15.7 Å². The summed E-state index contributed by atoms with van der Waals surface area (Å²) in [7, 11) is 0. The molecule has 0 saturated heterocycles. The largest absolute Gasteiger partial charge is 0.389 e. The first-order valence-electron chi connectivity index (χ1n) is 7.81. The Hall–Kier alpha value is -0.890. The number of aromatic nitrogens is 1. The van der Waals surface area contributed by atoms with E-state index in [9.17, 15) is 5.11 Å². The van der Waals surface area contributed by atoms with E-state index in [1.54, 1.807) is 0 Å². The summed E-state index contributed by atoms with van der Waals surface area (Å²) in [6, 6.07) is 4.21. The average molecular weight is 261 g/mol. The lowest BCUT2D eigenvalue weighted by molar-refractivity contribution is -0.0106. The van der Waals surface area contributed by atoms with Crippen molar-refractivity contribution in [3.8, 4) is 0 Å². The number of aliphatic hydroxyl groups is 1. The Morgan fingerprint density at radius 1 is 1.26 bits per heavy atom. The molecule has 2 rings (SSSR count). The molecular weight excluding hydrogens is 234 g/mol. The summed E-state index contributed by atoms with van der Waals surface area (Å²) >= 11 is 0. The molecule has 0 aromatic carbocycles. The molecular formula is C17H27NO. The smallest absolute Gasteiger partial charge is 0.0703 e. The van der Waals surface area contributed by atoms with Crippen LogP contribution in [0.2, 0.25) is 0 Å². The van der Waals surface area contributed by atoms with E-state index in [0.29, 0.717) is 0 Å². The van der Waals surface area contributed by atoms with Gasteiger partial charge in [-0.1, -0.05) is 32.8 Å². The number of rotatable bonds is 5. The fourth-order valence-electron chi connectivity index (χ4n) is 3.19. The van der Waals surface area contributed by atoms with Crippen LogP contribution in [0.15, 0.2) is 18.3 Å². The van der Waals surface area contributed by atoms with E-state index in [1.807, 2.05) is 6.20 Å². The molecule has 1 heterocycles. The second-order valence-corrected chi connectivity index (χ2v) is 6.14. The average Bonchev–Trinajstić information content (AvgIpc) is 2.43. The standard InChI is InChI=1S/C17H27NO/c1-3-5-15-8-10-17(19,11-9-15)12-16-7-6-14(4-2)13-18-16/h6-7,13,15,19H,3-5,8-12H2,1-2H3. The molecule has 0 radical (unpaired) electrons. The van der Waals surface area contributed by atoms with E-state index in [0.717, 1.165) is 37.3 Å². The number of aryl methyl sites for hydroxylation is 1. The van der Waals surface area contributed by atoms with Gasteiger partial charge in [0.05, 0.1) is 5.60 Å². The van der Waals surface area contributed by atoms with E-state index in [1.165, 1.54) is 31.2 Å².